The van der Waals surface area contributed by atoms with E-state index in [1.807, 2.05) is 24.3 Å². The van der Waals surface area contributed by atoms with Gasteiger partial charge in [-0.2, -0.15) is 0 Å². The highest BCUT2D eigenvalue weighted by molar-refractivity contribution is 5.54. The van der Waals surface area contributed by atoms with Crippen LogP contribution in [0.1, 0.15) is 42.4 Å². The summed E-state index contributed by atoms with van der Waals surface area (Å²) < 4.78 is 0. The number of fused-ring (bicyclic) bond motifs is 1. The number of allylic oxidation sites excluding steroid dienone is 4. The lowest BCUT2D eigenvalue weighted by molar-refractivity contribution is 0.590. The summed E-state index contributed by atoms with van der Waals surface area (Å²) in [5.74, 6) is 0.708. The molecule has 0 heterocycles. The second kappa shape index (κ2) is 7.10. The molecule has 1 aromatic rings. The van der Waals surface area contributed by atoms with Crippen molar-refractivity contribution in [3.05, 3.63) is 65.3 Å². The normalized spacial score (nSPS) is 19.6. The van der Waals surface area contributed by atoms with Crippen molar-refractivity contribution in [1.29, 1.82) is 0 Å². The van der Waals surface area contributed by atoms with Crippen molar-refractivity contribution in [1.82, 2.24) is 0 Å². The molecule has 0 aliphatic heterocycles. The Hall–Kier alpha value is -1.60. The zero-order chi connectivity index (χ0) is 13.5. The van der Waals surface area contributed by atoms with Crippen molar-refractivity contribution in [2.24, 2.45) is 5.73 Å². The van der Waals surface area contributed by atoms with Gasteiger partial charge in [0, 0.05) is 6.54 Å². The molecule has 0 radical (unpaired) electrons. The molecule has 2 N–H and O–H groups in total. The van der Waals surface area contributed by atoms with Gasteiger partial charge in [0.05, 0.1) is 0 Å². The third-order valence-corrected chi connectivity index (χ3v) is 3.68. The molecule has 1 aromatic carbocycles. The Balaban J connectivity index is 2.05. The summed E-state index contributed by atoms with van der Waals surface area (Å²) in [7, 11) is 0. The maximum atomic E-state index is 5.37. The maximum Gasteiger partial charge on any atom is 0.0109 e. The van der Waals surface area contributed by atoms with Crippen LogP contribution >= 0.6 is 0 Å². The predicted molar refractivity (Wildman–Crippen MR) is 84.2 cm³/mol. The van der Waals surface area contributed by atoms with Gasteiger partial charge in [-0.1, -0.05) is 61.6 Å². The first kappa shape index (κ1) is 13.8. The molecule has 0 spiro atoms. The highest BCUT2D eigenvalue weighted by atomic mass is 14.5. The molecule has 1 heteroatoms. The second-order valence-corrected chi connectivity index (χ2v) is 5.16. The smallest absolute Gasteiger partial charge is 0.0109 e. The molecule has 1 atom stereocenters. The van der Waals surface area contributed by atoms with Crippen LogP contribution < -0.4 is 5.73 Å². The van der Waals surface area contributed by atoms with Crippen LogP contribution in [0.15, 0.2) is 48.6 Å². The van der Waals surface area contributed by atoms with E-state index in [-0.39, 0.29) is 0 Å². The fourth-order valence-electron chi connectivity index (χ4n) is 2.61. The molecule has 0 aromatic heterocycles. The van der Waals surface area contributed by atoms with E-state index < -0.39 is 0 Å². The molecule has 1 aliphatic carbocycles. The summed E-state index contributed by atoms with van der Waals surface area (Å²) in [4.78, 5) is 0. The molecular weight excluding hydrogens is 230 g/mol. The average Bonchev–Trinajstić information content (AvgIpc) is 2.43. The van der Waals surface area contributed by atoms with E-state index in [0.717, 1.165) is 0 Å². The van der Waals surface area contributed by atoms with Gasteiger partial charge in [0.1, 0.15) is 0 Å². The summed E-state index contributed by atoms with van der Waals surface area (Å²) in [5, 5.41) is 0. The minimum absolute atomic E-state index is 0.594. The average molecular weight is 253 g/mol. The van der Waals surface area contributed by atoms with Gasteiger partial charge in [-0.15, -0.1) is 0 Å². The van der Waals surface area contributed by atoms with Crippen molar-refractivity contribution in [3.8, 4) is 0 Å². The van der Waals surface area contributed by atoms with Crippen molar-refractivity contribution in [2.75, 3.05) is 6.54 Å². The van der Waals surface area contributed by atoms with E-state index in [9.17, 15) is 0 Å². The third-order valence-electron chi connectivity index (χ3n) is 3.68. The Morgan fingerprint density at radius 3 is 2.89 bits per heavy atom. The molecular formula is C18H23N. The van der Waals surface area contributed by atoms with E-state index in [1.54, 1.807) is 5.56 Å². The van der Waals surface area contributed by atoms with Crippen molar-refractivity contribution in [3.63, 3.8) is 0 Å². The summed E-state index contributed by atoms with van der Waals surface area (Å²) in [6.07, 6.45) is 16.1. The topological polar surface area (TPSA) is 26.0 Å². The van der Waals surface area contributed by atoms with Crippen LogP contribution in [-0.4, -0.2) is 6.54 Å². The van der Waals surface area contributed by atoms with E-state index in [0.29, 0.717) is 12.5 Å². The van der Waals surface area contributed by atoms with E-state index >= 15 is 0 Å². The molecule has 0 amide bonds. The number of benzene rings is 1. The van der Waals surface area contributed by atoms with E-state index in [4.69, 9.17) is 5.73 Å². The highest BCUT2D eigenvalue weighted by Crippen LogP contribution is 2.31. The van der Waals surface area contributed by atoms with Crippen molar-refractivity contribution in [2.45, 2.75) is 32.1 Å². The standard InChI is InChI=1S/C18H23N/c1-15-8-7-10-17-12-11-16(14-18(15)17)9-5-3-2-4-6-13-19/h2-6,9,11-12,14-15H,7-8,10,13,19H2,1H3/b3-2+,6-4+,9-5+. The summed E-state index contributed by atoms with van der Waals surface area (Å²) in [6.45, 7) is 2.93. The number of rotatable bonds is 4. The van der Waals surface area contributed by atoms with Gasteiger partial charge >= 0.3 is 0 Å². The van der Waals surface area contributed by atoms with Gasteiger partial charge < -0.3 is 5.73 Å². The number of hydrogen-bond acceptors (Lipinski definition) is 1. The molecule has 0 fully saturated rings. The summed E-state index contributed by atoms with van der Waals surface area (Å²) >= 11 is 0. The fraction of sp³-hybridized carbons (Fsp3) is 0.333. The first-order valence-corrected chi connectivity index (χ1v) is 7.14. The lowest BCUT2D eigenvalue weighted by Gasteiger charge is -2.22. The summed E-state index contributed by atoms with van der Waals surface area (Å²) in [6, 6.07) is 6.86. The van der Waals surface area contributed by atoms with Gasteiger partial charge in [-0.3, -0.25) is 0 Å². The van der Waals surface area contributed by atoms with Crippen LogP contribution in [-0.2, 0) is 6.42 Å². The molecule has 0 bridgehead atoms. The molecule has 2 rings (SSSR count). The lowest BCUT2D eigenvalue weighted by Crippen LogP contribution is -2.06. The fourth-order valence-corrected chi connectivity index (χ4v) is 2.61. The van der Waals surface area contributed by atoms with E-state index in [2.05, 4.69) is 37.3 Å². The van der Waals surface area contributed by atoms with Gasteiger partial charge in [-0.25, -0.2) is 0 Å². The van der Waals surface area contributed by atoms with Gasteiger partial charge in [-0.05, 0) is 41.9 Å². The third kappa shape index (κ3) is 3.93. The van der Waals surface area contributed by atoms with Crippen molar-refractivity contribution < 1.29 is 0 Å². The summed E-state index contributed by atoms with van der Waals surface area (Å²) in [5.41, 5.74) is 9.75. The van der Waals surface area contributed by atoms with Crippen LogP contribution in [0.4, 0.5) is 0 Å². The Kier molecular flexibility index (Phi) is 5.17. The Labute approximate surface area is 116 Å². The molecule has 100 valence electrons. The van der Waals surface area contributed by atoms with Gasteiger partial charge in [0.15, 0.2) is 0 Å². The highest BCUT2D eigenvalue weighted by Gasteiger charge is 2.15. The van der Waals surface area contributed by atoms with Gasteiger partial charge in [0.25, 0.3) is 0 Å². The monoisotopic (exact) mass is 253 g/mol. The molecule has 1 aliphatic rings. The van der Waals surface area contributed by atoms with E-state index in [1.165, 1.54) is 30.4 Å². The van der Waals surface area contributed by atoms with Crippen LogP contribution in [0, 0.1) is 0 Å². The maximum absolute atomic E-state index is 5.37. The number of aryl methyl sites for hydroxylation is 1. The van der Waals surface area contributed by atoms with Crippen LogP contribution in [0.25, 0.3) is 6.08 Å². The second-order valence-electron chi connectivity index (χ2n) is 5.16. The Bertz CT molecular complexity index is 494. The first-order chi connectivity index (χ1) is 9.31. The molecule has 1 unspecified atom stereocenters. The van der Waals surface area contributed by atoms with Crippen LogP contribution in [0.3, 0.4) is 0 Å². The SMILES string of the molecule is CC1CCCc2ccc(/C=C/C=C/C=C/CN)cc21. The molecule has 19 heavy (non-hydrogen) atoms. The zero-order valence-corrected chi connectivity index (χ0v) is 11.7. The quantitative estimate of drug-likeness (QED) is 0.799. The molecule has 1 nitrogen and oxygen atoms in total. The van der Waals surface area contributed by atoms with Crippen LogP contribution in [0.2, 0.25) is 0 Å². The minimum atomic E-state index is 0.594. The number of nitrogens with two attached hydrogens (primary N) is 1. The first-order valence-electron chi connectivity index (χ1n) is 7.14. The number of hydrogen-bond donors (Lipinski definition) is 1. The Morgan fingerprint density at radius 1 is 1.21 bits per heavy atom. The zero-order valence-electron chi connectivity index (χ0n) is 11.7. The lowest BCUT2D eigenvalue weighted by atomic mass is 9.83. The Morgan fingerprint density at radius 2 is 2.05 bits per heavy atom. The van der Waals surface area contributed by atoms with Crippen molar-refractivity contribution >= 4 is 6.08 Å². The predicted octanol–water partition coefficient (Wildman–Crippen LogP) is 4.21. The largest absolute Gasteiger partial charge is 0.327 e. The van der Waals surface area contributed by atoms with Crippen LogP contribution in [0.5, 0.6) is 0 Å². The molecule has 0 saturated heterocycles. The van der Waals surface area contributed by atoms with Gasteiger partial charge in [0.2, 0.25) is 0 Å². The molecule has 0 saturated carbocycles. The minimum Gasteiger partial charge on any atom is -0.327 e.